The lowest BCUT2D eigenvalue weighted by atomic mass is 10.2. The van der Waals surface area contributed by atoms with E-state index in [1.807, 2.05) is 13.0 Å². The topological polar surface area (TPSA) is 46.1 Å². The number of nitrogens with zero attached hydrogens (tertiary/aromatic N) is 3. The number of carbonyl (C=O) groups is 1. The average Bonchev–Trinajstić information content (AvgIpc) is 3.25. The Hall–Kier alpha value is -1.99. The third kappa shape index (κ3) is 3.84. The molecule has 1 amide bonds. The van der Waals surface area contributed by atoms with Crippen molar-refractivity contribution in [1.29, 1.82) is 0 Å². The standard InChI is InChI=1S/C20H20FN3OS2/c1-2-24(10-13-5-3-6-14(21)9-13)17(25)11-26-19-18-15-7-4-8-16(15)27-20(18)23-12-22-19/h3,5-6,9,12H,2,4,7-8,10-11H2,1H3. The van der Waals surface area contributed by atoms with Gasteiger partial charge >= 0.3 is 0 Å². The third-order valence-corrected chi connectivity index (χ3v) is 6.97. The van der Waals surface area contributed by atoms with Gasteiger partial charge in [-0.15, -0.1) is 11.3 Å². The molecular weight excluding hydrogens is 381 g/mol. The summed E-state index contributed by atoms with van der Waals surface area (Å²) in [5.41, 5.74) is 2.17. The quantitative estimate of drug-likeness (QED) is 0.452. The Morgan fingerprint density at radius 3 is 3.04 bits per heavy atom. The Bertz CT molecular complexity index is 989. The van der Waals surface area contributed by atoms with E-state index in [9.17, 15) is 9.18 Å². The first kappa shape index (κ1) is 18.4. The fourth-order valence-corrected chi connectivity index (χ4v) is 5.68. The lowest BCUT2D eigenvalue weighted by Gasteiger charge is -2.21. The summed E-state index contributed by atoms with van der Waals surface area (Å²) >= 11 is 3.23. The number of thioether (sulfide) groups is 1. The number of halogens is 1. The number of rotatable bonds is 6. The van der Waals surface area contributed by atoms with Crippen molar-refractivity contribution >= 4 is 39.2 Å². The molecule has 1 aromatic carbocycles. The zero-order valence-corrected chi connectivity index (χ0v) is 16.7. The first-order chi connectivity index (χ1) is 13.2. The van der Waals surface area contributed by atoms with Crippen molar-refractivity contribution < 1.29 is 9.18 Å². The zero-order chi connectivity index (χ0) is 18.8. The summed E-state index contributed by atoms with van der Waals surface area (Å²) < 4.78 is 13.4. The number of amides is 1. The second-order valence-electron chi connectivity index (χ2n) is 6.54. The molecule has 0 fully saturated rings. The van der Waals surface area contributed by atoms with Gasteiger partial charge in [-0.05, 0) is 49.4 Å². The van der Waals surface area contributed by atoms with Gasteiger partial charge in [-0.2, -0.15) is 0 Å². The van der Waals surface area contributed by atoms with Crippen LogP contribution in [-0.4, -0.2) is 33.1 Å². The number of aromatic nitrogens is 2. The van der Waals surface area contributed by atoms with Gasteiger partial charge in [-0.1, -0.05) is 23.9 Å². The van der Waals surface area contributed by atoms with Crippen molar-refractivity contribution in [2.75, 3.05) is 12.3 Å². The molecule has 0 bridgehead atoms. The van der Waals surface area contributed by atoms with Crippen LogP contribution in [0.15, 0.2) is 35.6 Å². The number of carbonyl (C=O) groups excluding carboxylic acids is 1. The summed E-state index contributed by atoms with van der Waals surface area (Å²) in [6.45, 7) is 2.94. The molecule has 0 saturated heterocycles. The van der Waals surface area contributed by atoms with Gasteiger partial charge in [0.1, 0.15) is 22.0 Å². The highest BCUT2D eigenvalue weighted by molar-refractivity contribution is 8.00. The van der Waals surface area contributed by atoms with E-state index in [1.54, 1.807) is 28.6 Å². The fraction of sp³-hybridized carbons (Fsp3) is 0.350. The molecule has 4 nitrogen and oxygen atoms in total. The van der Waals surface area contributed by atoms with E-state index in [1.165, 1.54) is 40.8 Å². The summed E-state index contributed by atoms with van der Waals surface area (Å²) in [5, 5.41) is 2.04. The number of hydrogen-bond acceptors (Lipinski definition) is 5. The van der Waals surface area contributed by atoms with E-state index in [0.717, 1.165) is 33.6 Å². The number of hydrogen-bond donors (Lipinski definition) is 0. The van der Waals surface area contributed by atoms with Crippen LogP contribution >= 0.6 is 23.1 Å². The van der Waals surface area contributed by atoms with E-state index >= 15 is 0 Å². The van der Waals surface area contributed by atoms with Crippen LogP contribution < -0.4 is 0 Å². The Morgan fingerprint density at radius 1 is 1.33 bits per heavy atom. The van der Waals surface area contributed by atoms with Crippen LogP contribution in [0.1, 0.15) is 29.3 Å². The smallest absolute Gasteiger partial charge is 0.233 e. The van der Waals surface area contributed by atoms with Gasteiger partial charge in [0.25, 0.3) is 0 Å². The molecule has 3 aromatic rings. The monoisotopic (exact) mass is 401 g/mol. The molecule has 0 N–H and O–H groups in total. The van der Waals surface area contributed by atoms with Gasteiger partial charge in [0.2, 0.25) is 5.91 Å². The van der Waals surface area contributed by atoms with Gasteiger partial charge in [0, 0.05) is 23.4 Å². The van der Waals surface area contributed by atoms with E-state index < -0.39 is 0 Å². The summed E-state index contributed by atoms with van der Waals surface area (Å²) in [6, 6.07) is 6.41. The number of thiophene rings is 1. The molecule has 4 rings (SSSR count). The second-order valence-corrected chi connectivity index (χ2v) is 8.59. The minimum Gasteiger partial charge on any atom is -0.338 e. The first-order valence-electron chi connectivity index (χ1n) is 9.06. The van der Waals surface area contributed by atoms with Crippen molar-refractivity contribution in [3.05, 3.63) is 52.4 Å². The molecule has 140 valence electrons. The van der Waals surface area contributed by atoms with Crippen molar-refractivity contribution in [2.24, 2.45) is 0 Å². The largest absolute Gasteiger partial charge is 0.338 e. The summed E-state index contributed by atoms with van der Waals surface area (Å²) in [7, 11) is 0. The molecule has 0 unspecified atom stereocenters. The molecule has 1 aliphatic rings. The van der Waals surface area contributed by atoms with Crippen LogP contribution in [0, 0.1) is 5.82 Å². The molecule has 0 saturated carbocycles. The maximum absolute atomic E-state index is 13.4. The minimum atomic E-state index is -0.278. The third-order valence-electron chi connectivity index (χ3n) is 4.80. The van der Waals surface area contributed by atoms with Crippen LogP contribution in [0.5, 0.6) is 0 Å². The van der Waals surface area contributed by atoms with Crippen LogP contribution in [0.2, 0.25) is 0 Å². The van der Waals surface area contributed by atoms with Gasteiger partial charge in [-0.3, -0.25) is 4.79 Å². The number of benzene rings is 1. The van der Waals surface area contributed by atoms with E-state index in [4.69, 9.17) is 0 Å². The molecular formula is C20H20FN3OS2. The molecule has 27 heavy (non-hydrogen) atoms. The van der Waals surface area contributed by atoms with Crippen LogP contribution in [0.3, 0.4) is 0 Å². The van der Waals surface area contributed by atoms with Crippen LogP contribution in [-0.2, 0) is 24.2 Å². The number of aryl methyl sites for hydroxylation is 2. The van der Waals surface area contributed by atoms with Crippen molar-refractivity contribution in [3.63, 3.8) is 0 Å². The minimum absolute atomic E-state index is 0.0328. The zero-order valence-electron chi connectivity index (χ0n) is 15.1. The van der Waals surface area contributed by atoms with Crippen molar-refractivity contribution in [2.45, 2.75) is 37.8 Å². The van der Waals surface area contributed by atoms with Gasteiger partial charge in [0.05, 0.1) is 5.75 Å². The Balaban J connectivity index is 1.48. The average molecular weight is 402 g/mol. The lowest BCUT2D eigenvalue weighted by Crippen LogP contribution is -2.31. The highest BCUT2D eigenvalue weighted by Gasteiger charge is 2.22. The molecule has 0 spiro atoms. The molecule has 2 aromatic heterocycles. The lowest BCUT2D eigenvalue weighted by molar-refractivity contribution is -0.128. The van der Waals surface area contributed by atoms with Gasteiger partial charge < -0.3 is 4.90 Å². The molecule has 1 aliphatic carbocycles. The predicted octanol–water partition coefficient (Wildman–Crippen LogP) is 4.46. The maximum Gasteiger partial charge on any atom is 0.233 e. The Morgan fingerprint density at radius 2 is 2.22 bits per heavy atom. The summed E-state index contributed by atoms with van der Waals surface area (Å²) in [5.74, 6) is 0.0744. The van der Waals surface area contributed by atoms with E-state index in [0.29, 0.717) is 18.8 Å². The van der Waals surface area contributed by atoms with Crippen molar-refractivity contribution in [3.8, 4) is 0 Å². The predicted molar refractivity (Wildman–Crippen MR) is 108 cm³/mol. The Labute approximate surface area is 165 Å². The Kier molecular flexibility index (Phi) is 5.41. The summed E-state index contributed by atoms with van der Waals surface area (Å²) in [6.07, 6.45) is 4.97. The first-order valence-corrected chi connectivity index (χ1v) is 10.9. The highest BCUT2D eigenvalue weighted by atomic mass is 32.2. The fourth-order valence-electron chi connectivity index (χ4n) is 3.46. The van der Waals surface area contributed by atoms with Crippen LogP contribution in [0.25, 0.3) is 10.2 Å². The van der Waals surface area contributed by atoms with Gasteiger partial charge in [-0.25, -0.2) is 14.4 Å². The highest BCUT2D eigenvalue weighted by Crippen LogP contribution is 2.40. The molecule has 2 heterocycles. The molecule has 0 aliphatic heterocycles. The normalized spacial score (nSPS) is 13.1. The molecule has 0 radical (unpaired) electrons. The van der Waals surface area contributed by atoms with Crippen LogP contribution in [0.4, 0.5) is 4.39 Å². The molecule has 0 atom stereocenters. The SMILES string of the molecule is CCN(Cc1cccc(F)c1)C(=O)CSc1ncnc2sc3c(c12)CCC3. The summed E-state index contributed by atoms with van der Waals surface area (Å²) in [4.78, 5) is 25.8. The number of fused-ring (bicyclic) bond motifs is 3. The maximum atomic E-state index is 13.4. The van der Waals surface area contributed by atoms with Gasteiger partial charge in [0.15, 0.2) is 0 Å². The van der Waals surface area contributed by atoms with E-state index in [2.05, 4.69) is 9.97 Å². The second kappa shape index (κ2) is 7.94. The molecule has 7 heteroatoms. The van der Waals surface area contributed by atoms with Crippen molar-refractivity contribution in [1.82, 2.24) is 14.9 Å². The van der Waals surface area contributed by atoms with E-state index in [-0.39, 0.29) is 11.7 Å².